The molecule has 24 heavy (non-hydrogen) atoms. The molecule has 2 rings (SSSR count). The van der Waals surface area contributed by atoms with E-state index < -0.39 is 0 Å². The number of aromatic hydroxyl groups is 1. The first kappa shape index (κ1) is 18.6. The number of benzene rings is 1. The Hall–Kier alpha value is -1.71. The predicted molar refractivity (Wildman–Crippen MR) is 96.3 cm³/mol. The molecule has 0 aromatic heterocycles. The predicted octanol–water partition coefficient (Wildman–Crippen LogP) is 4.05. The van der Waals surface area contributed by atoms with Crippen molar-refractivity contribution in [1.29, 1.82) is 0 Å². The highest BCUT2D eigenvalue weighted by atomic mass is 16.5. The Morgan fingerprint density at radius 3 is 2.50 bits per heavy atom. The SMILES string of the molecule is CCC(CC)[C@H]1CC[C@@H](NC(=O)Cc2ccc(O)c(OC)c2)CC1. The van der Waals surface area contributed by atoms with Crippen LogP contribution in [-0.2, 0) is 11.2 Å². The largest absolute Gasteiger partial charge is 0.504 e. The normalized spacial score (nSPS) is 20.8. The van der Waals surface area contributed by atoms with Crippen LogP contribution in [0.3, 0.4) is 0 Å². The lowest BCUT2D eigenvalue weighted by molar-refractivity contribution is -0.121. The minimum Gasteiger partial charge on any atom is -0.504 e. The Morgan fingerprint density at radius 1 is 1.25 bits per heavy atom. The van der Waals surface area contributed by atoms with Gasteiger partial charge in [0.15, 0.2) is 11.5 Å². The monoisotopic (exact) mass is 333 g/mol. The fourth-order valence-electron chi connectivity index (χ4n) is 3.99. The van der Waals surface area contributed by atoms with E-state index in [4.69, 9.17) is 4.74 Å². The zero-order chi connectivity index (χ0) is 17.5. The highest BCUT2D eigenvalue weighted by molar-refractivity contribution is 5.79. The summed E-state index contributed by atoms with van der Waals surface area (Å²) in [5.41, 5.74) is 0.855. The third kappa shape index (κ3) is 4.89. The molecule has 0 bridgehead atoms. The summed E-state index contributed by atoms with van der Waals surface area (Å²) in [5.74, 6) is 2.22. The van der Waals surface area contributed by atoms with Crippen LogP contribution in [0.1, 0.15) is 57.9 Å². The van der Waals surface area contributed by atoms with Crippen molar-refractivity contribution in [3.63, 3.8) is 0 Å². The van der Waals surface area contributed by atoms with Gasteiger partial charge in [0.2, 0.25) is 5.91 Å². The van der Waals surface area contributed by atoms with Gasteiger partial charge in [-0.3, -0.25) is 4.79 Å². The van der Waals surface area contributed by atoms with Crippen LogP contribution < -0.4 is 10.1 Å². The fourth-order valence-corrected chi connectivity index (χ4v) is 3.99. The van der Waals surface area contributed by atoms with Gasteiger partial charge in [0.25, 0.3) is 0 Å². The van der Waals surface area contributed by atoms with Gasteiger partial charge in [-0.2, -0.15) is 0 Å². The summed E-state index contributed by atoms with van der Waals surface area (Å²) in [4.78, 5) is 12.3. The molecule has 1 saturated carbocycles. The van der Waals surface area contributed by atoms with Crippen LogP contribution in [0.4, 0.5) is 0 Å². The van der Waals surface area contributed by atoms with Gasteiger partial charge in [0.05, 0.1) is 13.5 Å². The molecule has 0 aliphatic heterocycles. The first-order valence-electron chi connectivity index (χ1n) is 9.22. The van der Waals surface area contributed by atoms with E-state index in [1.807, 2.05) is 0 Å². The topological polar surface area (TPSA) is 58.6 Å². The summed E-state index contributed by atoms with van der Waals surface area (Å²) in [5, 5.41) is 12.8. The highest BCUT2D eigenvalue weighted by Gasteiger charge is 2.26. The van der Waals surface area contributed by atoms with Crippen LogP contribution in [-0.4, -0.2) is 24.2 Å². The molecule has 0 heterocycles. The van der Waals surface area contributed by atoms with E-state index in [-0.39, 0.29) is 11.7 Å². The Kier molecular flexibility index (Phi) is 6.95. The van der Waals surface area contributed by atoms with Gasteiger partial charge in [0.1, 0.15) is 0 Å². The van der Waals surface area contributed by atoms with Crippen LogP contribution in [0, 0.1) is 11.8 Å². The van der Waals surface area contributed by atoms with E-state index >= 15 is 0 Å². The van der Waals surface area contributed by atoms with Gasteiger partial charge in [0, 0.05) is 6.04 Å². The van der Waals surface area contributed by atoms with Crippen LogP contribution in [0.2, 0.25) is 0 Å². The number of ether oxygens (including phenoxy) is 1. The number of hydrogen-bond acceptors (Lipinski definition) is 3. The van der Waals surface area contributed by atoms with Crippen LogP contribution >= 0.6 is 0 Å². The molecule has 0 spiro atoms. The maximum Gasteiger partial charge on any atom is 0.224 e. The van der Waals surface area contributed by atoms with Gasteiger partial charge in [-0.1, -0.05) is 32.8 Å². The molecular weight excluding hydrogens is 302 g/mol. The lowest BCUT2D eigenvalue weighted by Gasteiger charge is -2.33. The van der Waals surface area contributed by atoms with Crippen LogP contribution in [0.15, 0.2) is 18.2 Å². The molecule has 0 saturated heterocycles. The number of hydrogen-bond donors (Lipinski definition) is 2. The molecule has 1 amide bonds. The smallest absolute Gasteiger partial charge is 0.224 e. The Labute approximate surface area is 145 Å². The van der Waals surface area contributed by atoms with Gasteiger partial charge >= 0.3 is 0 Å². The van der Waals surface area contributed by atoms with Crippen molar-refractivity contribution in [2.75, 3.05) is 7.11 Å². The summed E-state index contributed by atoms with van der Waals surface area (Å²) in [6, 6.07) is 5.37. The van der Waals surface area contributed by atoms with Crippen molar-refractivity contribution in [2.45, 2.75) is 64.8 Å². The third-order valence-electron chi connectivity index (χ3n) is 5.46. The zero-order valence-corrected chi connectivity index (χ0v) is 15.2. The van der Waals surface area contributed by atoms with E-state index in [1.54, 1.807) is 18.2 Å². The lowest BCUT2D eigenvalue weighted by atomic mass is 9.76. The molecular formula is C20H31NO3. The van der Waals surface area contributed by atoms with Crippen molar-refractivity contribution < 1.29 is 14.6 Å². The molecule has 4 nitrogen and oxygen atoms in total. The summed E-state index contributed by atoms with van der Waals surface area (Å²) >= 11 is 0. The number of methoxy groups -OCH3 is 1. The van der Waals surface area contributed by atoms with Gasteiger partial charge in [-0.05, 0) is 55.2 Å². The van der Waals surface area contributed by atoms with E-state index in [9.17, 15) is 9.90 Å². The van der Waals surface area contributed by atoms with Crippen molar-refractivity contribution in [3.8, 4) is 11.5 Å². The maximum atomic E-state index is 12.3. The molecule has 1 aromatic carbocycles. The standard InChI is InChI=1S/C20H31NO3/c1-4-15(5-2)16-7-9-17(10-8-16)21-20(23)13-14-6-11-18(22)19(12-14)24-3/h6,11-12,15-17,22H,4-5,7-10,13H2,1-3H3,(H,21,23)/t16-,17+. The quantitative estimate of drug-likeness (QED) is 0.791. The van der Waals surface area contributed by atoms with Crippen molar-refractivity contribution in [1.82, 2.24) is 5.32 Å². The second-order valence-electron chi connectivity index (χ2n) is 6.94. The average Bonchev–Trinajstić information content (AvgIpc) is 2.59. The molecule has 2 N–H and O–H groups in total. The zero-order valence-electron chi connectivity index (χ0n) is 15.2. The second kappa shape index (κ2) is 8.95. The van der Waals surface area contributed by atoms with Crippen molar-refractivity contribution in [2.24, 2.45) is 11.8 Å². The summed E-state index contributed by atoms with van der Waals surface area (Å²) < 4.78 is 5.09. The number of amides is 1. The minimum atomic E-state index is 0.0497. The third-order valence-corrected chi connectivity index (χ3v) is 5.46. The van der Waals surface area contributed by atoms with E-state index in [0.29, 0.717) is 18.2 Å². The van der Waals surface area contributed by atoms with Gasteiger partial charge < -0.3 is 15.2 Å². The molecule has 134 valence electrons. The lowest BCUT2D eigenvalue weighted by Crippen LogP contribution is -2.39. The number of nitrogens with one attached hydrogen (secondary N) is 1. The van der Waals surface area contributed by atoms with Gasteiger partial charge in [-0.15, -0.1) is 0 Å². The average molecular weight is 333 g/mol. The molecule has 1 aliphatic rings. The highest BCUT2D eigenvalue weighted by Crippen LogP contribution is 2.33. The minimum absolute atomic E-state index is 0.0497. The van der Waals surface area contributed by atoms with E-state index in [0.717, 1.165) is 30.2 Å². The Morgan fingerprint density at radius 2 is 1.92 bits per heavy atom. The Bertz CT molecular complexity index is 532. The van der Waals surface area contributed by atoms with Crippen molar-refractivity contribution in [3.05, 3.63) is 23.8 Å². The molecule has 1 aliphatic carbocycles. The number of carbonyl (C=O) groups excluding carboxylic acids is 1. The maximum absolute atomic E-state index is 12.3. The van der Waals surface area contributed by atoms with Gasteiger partial charge in [-0.25, -0.2) is 0 Å². The summed E-state index contributed by atoms with van der Waals surface area (Å²) in [6.07, 6.45) is 7.48. The van der Waals surface area contributed by atoms with E-state index in [2.05, 4.69) is 19.2 Å². The number of carbonyl (C=O) groups is 1. The molecule has 1 aromatic rings. The number of rotatable bonds is 7. The molecule has 4 heteroatoms. The van der Waals surface area contributed by atoms with Crippen LogP contribution in [0.5, 0.6) is 11.5 Å². The second-order valence-corrected chi connectivity index (χ2v) is 6.94. The summed E-state index contributed by atoms with van der Waals surface area (Å²) in [6.45, 7) is 4.57. The molecule has 1 fully saturated rings. The first-order valence-corrected chi connectivity index (χ1v) is 9.22. The summed E-state index contributed by atoms with van der Waals surface area (Å²) in [7, 11) is 1.51. The fraction of sp³-hybridized carbons (Fsp3) is 0.650. The Balaban J connectivity index is 1.81. The first-order chi connectivity index (χ1) is 11.6. The number of phenols is 1. The van der Waals surface area contributed by atoms with Crippen molar-refractivity contribution >= 4 is 5.91 Å². The molecule has 0 atom stereocenters. The molecule has 0 unspecified atom stereocenters. The molecule has 0 radical (unpaired) electrons. The number of phenolic OH excluding ortho intramolecular Hbond substituents is 1. The van der Waals surface area contributed by atoms with Crippen LogP contribution in [0.25, 0.3) is 0 Å². The van der Waals surface area contributed by atoms with E-state index in [1.165, 1.54) is 32.8 Å².